The second kappa shape index (κ2) is 8.35. The Morgan fingerprint density at radius 1 is 1.26 bits per heavy atom. The highest BCUT2D eigenvalue weighted by Crippen LogP contribution is 2.29. The Hall–Kier alpha value is -3.45. The van der Waals surface area contributed by atoms with Crippen molar-refractivity contribution >= 4 is 28.4 Å². The number of nitrogens with one attached hydrogen (secondary N) is 1. The number of carbonyl (C=O) groups is 1. The van der Waals surface area contributed by atoms with Crippen LogP contribution in [0.3, 0.4) is 0 Å². The molecule has 0 spiro atoms. The third-order valence-corrected chi connectivity index (χ3v) is 4.53. The van der Waals surface area contributed by atoms with E-state index in [4.69, 9.17) is 16.3 Å². The van der Waals surface area contributed by atoms with E-state index < -0.39 is 23.6 Å². The van der Waals surface area contributed by atoms with Crippen LogP contribution in [0.15, 0.2) is 42.5 Å². The molecule has 0 fully saturated rings. The van der Waals surface area contributed by atoms with Gasteiger partial charge in [-0.3, -0.25) is 4.79 Å². The van der Waals surface area contributed by atoms with Crippen LogP contribution in [0, 0.1) is 11.3 Å². The van der Waals surface area contributed by atoms with E-state index >= 15 is 0 Å². The average Bonchev–Trinajstić information content (AvgIpc) is 3.02. The van der Waals surface area contributed by atoms with Crippen LogP contribution in [0.1, 0.15) is 17.3 Å². The molecule has 1 unspecified atom stereocenters. The van der Waals surface area contributed by atoms with Crippen LogP contribution >= 0.6 is 11.6 Å². The molecule has 1 amide bonds. The summed E-state index contributed by atoms with van der Waals surface area (Å²) >= 11 is 6.03. The third-order valence-electron chi connectivity index (χ3n) is 4.30. The molecule has 0 saturated carbocycles. The highest BCUT2D eigenvalue weighted by atomic mass is 35.5. The number of fused-ring (bicyclic) bond motifs is 1. The van der Waals surface area contributed by atoms with Gasteiger partial charge in [-0.1, -0.05) is 11.6 Å². The van der Waals surface area contributed by atoms with E-state index in [1.54, 1.807) is 18.2 Å². The normalized spacial score (nSPS) is 13.3. The maximum absolute atomic E-state index is 12.6. The zero-order valence-corrected chi connectivity index (χ0v) is 17.1. The molecule has 162 valence electrons. The Kier molecular flexibility index (Phi) is 5.99. The van der Waals surface area contributed by atoms with Gasteiger partial charge in [-0.05, 0) is 49.4 Å². The van der Waals surface area contributed by atoms with Crippen molar-refractivity contribution in [1.82, 2.24) is 15.1 Å². The van der Waals surface area contributed by atoms with Crippen LogP contribution in [0.25, 0.3) is 10.9 Å². The largest absolute Gasteiger partial charge is 0.573 e. The Balaban J connectivity index is 1.81. The molecule has 0 bridgehead atoms. The molecule has 0 saturated heterocycles. The first-order valence-electron chi connectivity index (χ1n) is 8.83. The molecule has 31 heavy (non-hydrogen) atoms. The number of halogens is 4. The SMILES string of the molecule is COc1c2cc(Cl)ccc2nn1CC(C)(C#N)NC(=O)c1ccc(OC(F)(F)F)cc1. The summed E-state index contributed by atoms with van der Waals surface area (Å²) in [5, 5.41) is 17.8. The smallest absolute Gasteiger partial charge is 0.481 e. The Bertz CT molecular complexity index is 1160. The second-order valence-electron chi connectivity index (χ2n) is 6.80. The number of nitrogens with zero attached hydrogens (tertiary/aromatic N) is 3. The minimum absolute atomic E-state index is 0.0556. The maximum Gasteiger partial charge on any atom is 0.573 e. The van der Waals surface area contributed by atoms with Crippen LogP contribution in [0.5, 0.6) is 11.6 Å². The van der Waals surface area contributed by atoms with Gasteiger partial charge in [0.15, 0.2) is 0 Å². The van der Waals surface area contributed by atoms with Crippen molar-refractivity contribution in [3.63, 3.8) is 0 Å². The summed E-state index contributed by atoms with van der Waals surface area (Å²) in [6.45, 7) is 1.44. The number of hydrogen-bond acceptors (Lipinski definition) is 5. The lowest BCUT2D eigenvalue weighted by Gasteiger charge is -2.24. The molecule has 0 aliphatic rings. The number of alkyl halides is 3. The summed E-state index contributed by atoms with van der Waals surface area (Å²) in [5.41, 5.74) is -0.759. The Morgan fingerprint density at radius 3 is 2.52 bits per heavy atom. The summed E-state index contributed by atoms with van der Waals surface area (Å²) in [4.78, 5) is 12.6. The third kappa shape index (κ3) is 5.19. The molecule has 11 heteroatoms. The first kappa shape index (κ1) is 22.2. The molecule has 2 aromatic carbocycles. The number of aromatic nitrogens is 2. The molecule has 1 aromatic heterocycles. The predicted octanol–water partition coefficient (Wildman–Crippen LogP) is 4.31. The lowest BCUT2D eigenvalue weighted by molar-refractivity contribution is -0.274. The molecular formula is C20H16ClF3N4O3. The molecule has 1 heterocycles. The highest BCUT2D eigenvalue weighted by Gasteiger charge is 2.32. The molecule has 0 aliphatic heterocycles. The van der Waals surface area contributed by atoms with Crippen LogP contribution in [0.2, 0.25) is 5.02 Å². The minimum Gasteiger partial charge on any atom is -0.481 e. The molecule has 3 rings (SSSR count). The lowest BCUT2D eigenvalue weighted by atomic mass is 10.0. The van der Waals surface area contributed by atoms with Gasteiger partial charge in [0.05, 0.1) is 30.6 Å². The summed E-state index contributed by atoms with van der Waals surface area (Å²) in [7, 11) is 1.45. The van der Waals surface area contributed by atoms with Gasteiger partial charge in [-0.15, -0.1) is 13.2 Å². The molecule has 1 N–H and O–H groups in total. The van der Waals surface area contributed by atoms with Crippen molar-refractivity contribution in [2.75, 3.05) is 7.11 Å². The van der Waals surface area contributed by atoms with Crippen molar-refractivity contribution in [2.24, 2.45) is 0 Å². The van der Waals surface area contributed by atoms with Crippen molar-refractivity contribution in [1.29, 1.82) is 5.26 Å². The first-order valence-corrected chi connectivity index (χ1v) is 9.21. The molecule has 7 nitrogen and oxygen atoms in total. The maximum atomic E-state index is 12.6. The fraction of sp³-hybridized carbons (Fsp3) is 0.250. The average molecular weight is 453 g/mol. The fourth-order valence-electron chi connectivity index (χ4n) is 2.94. The standard InChI is InChI=1S/C20H16ClF3N4O3/c1-19(10-25,11-28-18(30-2)15-9-13(21)5-8-16(15)27-28)26-17(29)12-3-6-14(7-4-12)31-20(22,23)24/h3-9H,11H2,1-2H3,(H,26,29). The number of rotatable bonds is 6. The second-order valence-corrected chi connectivity index (χ2v) is 7.24. The molecule has 0 radical (unpaired) electrons. The van der Waals surface area contributed by atoms with E-state index in [9.17, 15) is 23.2 Å². The van der Waals surface area contributed by atoms with E-state index in [0.29, 0.717) is 21.8 Å². The lowest BCUT2D eigenvalue weighted by Crippen LogP contribution is -2.48. The molecular weight excluding hydrogens is 437 g/mol. The van der Waals surface area contributed by atoms with Crippen LogP contribution < -0.4 is 14.8 Å². The van der Waals surface area contributed by atoms with Gasteiger partial charge < -0.3 is 14.8 Å². The Labute approximate surface area is 179 Å². The summed E-state index contributed by atoms with van der Waals surface area (Å²) in [5.74, 6) is -0.748. The predicted molar refractivity (Wildman–Crippen MR) is 106 cm³/mol. The van der Waals surface area contributed by atoms with Crippen molar-refractivity contribution < 1.29 is 27.4 Å². The van der Waals surface area contributed by atoms with Gasteiger partial charge in [0, 0.05) is 10.6 Å². The van der Waals surface area contributed by atoms with Gasteiger partial charge >= 0.3 is 6.36 Å². The van der Waals surface area contributed by atoms with E-state index in [1.807, 2.05) is 6.07 Å². The number of methoxy groups -OCH3 is 1. The van der Waals surface area contributed by atoms with Crippen molar-refractivity contribution in [3.05, 3.63) is 53.1 Å². The van der Waals surface area contributed by atoms with Gasteiger partial charge in [0.1, 0.15) is 11.3 Å². The first-order chi connectivity index (χ1) is 14.5. The van der Waals surface area contributed by atoms with Crippen molar-refractivity contribution in [3.8, 4) is 17.7 Å². The van der Waals surface area contributed by atoms with E-state index in [-0.39, 0.29) is 12.1 Å². The quantitative estimate of drug-likeness (QED) is 0.602. The molecule has 1 atom stereocenters. The van der Waals surface area contributed by atoms with Gasteiger partial charge in [0.2, 0.25) is 5.88 Å². The summed E-state index contributed by atoms with van der Waals surface area (Å²) in [6, 6.07) is 11.4. The number of carbonyl (C=O) groups excluding carboxylic acids is 1. The zero-order chi connectivity index (χ0) is 22.8. The topological polar surface area (TPSA) is 89.2 Å². The van der Waals surface area contributed by atoms with Gasteiger partial charge in [-0.2, -0.15) is 10.4 Å². The summed E-state index contributed by atoms with van der Waals surface area (Å²) in [6.07, 6.45) is -4.83. The van der Waals surface area contributed by atoms with Crippen molar-refractivity contribution in [2.45, 2.75) is 25.4 Å². The van der Waals surface area contributed by atoms with E-state index in [1.165, 1.54) is 30.8 Å². The van der Waals surface area contributed by atoms with Crippen LogP contribution in [-0.2, 0) is 6.54 Å². The van der Waals surface area contributed by atoms with Crippen LogP contribution in [-0.4, -0.2) is 34.7 Å². The number of ether oxygens (including phenoxy) is 2. The van der Waals surface area contributed by atoms with Crippen LogP contribution in [0.4, 0.5) is 13.2 Å². The van der Waals surface area contributed by atoms with E-state index in [2.05, 4.69) is 15.2 Å². The van der Waals surface area contributed by atoms with Gasteiger partial charge in [0.25, 0.3) is 5.91 Å². The molecule has 3 aromatic rings. The zero-order valence-electron chi connectivity index (χ0n) is 16.3. The summed E-state index contributed by atoms with van der Waals surface area (Å²) < 4.78 is 47.4. The number of nitriles is 1. The monoisotopic (exact) mass is 452 g/mol. The number of benzene rings is 2. The number of hydrogen-bond donors (Lipinski definition) is 1. The molecule has 0 aliphatic carbocycles. The van der Waals surface area contributed by atoms with Gasteiger partial charge in [-0.25, -0.2) is 4.68 Å². The minimum atomic E-state index is -4.83. The highest BCUT2D eigenvalue weighted by molar-refractivity contribution is 6.31. The van der Waals surface area contributed by atoms with E-state index in [0.717, 1.165) is 12.1 Å². The fourth-order valence-corrected chi connectivity index (χ4v) is 3.11. The Morgan fingerprint density at radius 2 is 1.94 bits per heavy atom. The number of amides is 1.